The first kappa shape index (κ1) is 20.1. The van der Waals surface area contributed by atoms with Crippen molar-refractivity contribution >= 4 is 23.4 Å². The Bertz CT molecular complexity index is 1050. The number of halogens is 1. The summed E-state index contributed by atoms with van der Waals surface area (Å²) in [5.41, 5.74) is 0.462. The lowest BCUT2D eigenvalue weighted by molar-refractivity contribution is 0.271. The highest BCUT2D eigenvalue weighted by Crippen LogP contribution is 2.42. The molecule has 0 saturated heterocycles. The van der Waals surface area contributed by atoms with Gasteiger partial charge in [0.25, 0.3) is 0 Å². The maximum absolute atomic E-state index is 13.2. The predicted molar refractivity (Wildman–Crippen MR) is 112 cm³/mol. The van der Waals surface area contributed by atoms with Gasteiger partial charge in [-0.3, -0.25) is 0 Å². The van der Waals surface area contributed by atoms with Gasteiger partial charge >= 0.3 is 0 Å². The summed E-state index contributed by atoms with van der Waals surface area (Å²) >= 11 is 1.66. The molecular weight excluding hydrogens is 403 g/mol. The van der Waals surface area contributed by atoms with Crippen molar-refractivity contribution in [2.45, 2.75) is 11.3 Å². The van der Waals surface area contributed by atoms with Crippen LogP contribution in [0.1, 0.15) is 12.0 Å². The van der Waals surface area contributed by atoms with Gasteiger partial charge in [-0.15, -0.1) is 11.8 Å². The second kappa shape index (κ2) is 9.11. The van der Waals surface area contributed by atoms with Crippen molar-refractivity contribution in [3.05, 3.63) is 66.2 Å². The Morgan fingerprint density at radius 2 is 2.00 bits per heavy atom. The minimum absolute atomic E-state index is 0.239. The van der Waals surface area contributed by atoms with Crippen LogP contribution in [0.5, 0.6) is 11.5 Å². The summed E-state index contributed by atoms with van der Waals surface area (Å²) in [5.74, 6) is 3.45. The summed E-state index contributed by atoms with van der Waals surface area (Å²) in [6, 6.07) is 13.0. The van der Waals surface area contributed by atoms with E-state index in [0.29, 0.717) is 40.5 Å². The fraction of sp³-hybridized carbons (Fsp3) is 0.227. The number of aliphatic hydroxyl groups is 1. The van der Waals surface area contributed by atoms with E-state index in [4.69, 9.17) is 10.00 Å². The second-order valence-corrected chi connectivity index (χ2v) is 8.09. The first-order chi connectivity index (χ1) is 14.6. The molecule has 2 unspecified atom stereocenters. The number of benzene rings is 1. The molecule has 1 fully saturated rings. The van der Waals surface area contributed by atoms with E-state index in [9.17, 15) is 9.50 Å². The molecule has 2 heterocycles. The van der Waals surface area contributed by atoms with E-state index in [1.54, 1.807) is 42.2 Å². The zero-order chi connectivity index (χ0) is 20.9. The van der Waals surface area contributed by atoms with Crippen molar-refractivity contribution in [1.82, 2.24) is 9.97 Å². The summed E-state index contributed by atoms with van der Waals surface area (Å²) in [6.07, 6.45) is 4.28. The van der Waals surface area contributed by atoms with Crippen LogP contribution in [-0.4, -0.2) is 27.4 Å². The van der Waals surface area contributed by atoms with Crippen LogP contribution in [0, 0.1) is 29.0 Å². The molecule has 2 aromatic heterocycles. The van der Waals surface area contributed by atoms with E-state index >= 15 is 0 Å². The molecule has 152 valence electrons. The minimum Gasteiger partial charge on any atom is -0.453 e. The molecule has 1 saturated carbocycles. The van der Waals surface area contributed by atoms with Crippen LogP contribution in [0.15, 0.2) is 59.8 Å². The van der Waals surface area contributed by atoms with Gasteiger partial charge in [-0.05, 0) is 60.7 Å². The number of aliphatic hydroxyl groups excluding tert-OH is 1. The second-order valence-electron chi connectivity index (χ2n) is 6.99. The molecule has 0 spiro atoms. The third-order valence-corrected chi connectivity index (χ3v) is 5.93. The number of aromatic nitrogens is 2. The summed E-state index contributed by atoms with van der Waals surface area (Å²) in [7, 11) is 0. The standard InChI is InChI=1S/C22H19FN4O2S/c23-17-2-4-18(5-3-17)29-20-8-19(30-13-16-7-15(16)12-28)11-26-22(20)27-21-6-1-14(9-24)10-25-21/h1-6,8,10-11,15-16,28H,7,12-13H2,(H,25,26,27). The summed E-state index contributed by atoms with van der Waals surface area (Å²) < 4.78 is 19.2. The number of ether oxygens (including phenoxy) is 1. The third kappa shape index (κ3) is 5.06. The van der Waals surface area contributed by atoms with Gasteiger partial charge in [0.1, 0.15) is 23.5 Å². The smallest absolute Gasteiger partial charge is 0.175 e. The number of anilines is 2. The molecule has 1 aliphatic rings. The number of rotatable bonds is 8. The maximum Gasteiger partial charge on any atom is 0.175 e. The Hall–Kier alpha value is -3.15. The molecule has 2 N–H and O–H groups in total. The topological polar surface area (TPSA) is 91.1 Å². The van der Waals surface area contributed by atoms with E-state index in [-0.39, 0.29) is 12.4 Å². The van der Waals surface area contributed by atoms with Crippen molar-refractivity contribution in [1.29, 1.82) is 5.26 Å². The van der Waals surface area contributed by atoms with Gasteiger partial charge in [-0.1, -0.05) is 0 Å². The van der Waals surface area contributed by atoms with Gasteiger partial charge in [0.2, 0.25) is 0 Å². The Labute approximate surface area is 177 Å². The van der Waals surface area contributed by atoms with Crippen LogP contribution >= 0.6 is 11.8 Å². The maximum atomic E-state index is 13.2. The molecule has 0 radical (unpaired) electrons. The van der Waals surface area contributed by atoms with Crippen molar-refractivity contribution in [2.75, 3.05) is 17.7 Å². The highest BCUT2D eigenvalue weighted by Gasteiger charge is 2.35. The Morgan fingerprint density at radius 1 is 1.17 bits per heavy atom. The molecule has 4 rings (SSSR count). The van der Waals surface area contributed by atoms with Crippen LogP contribution < -0.4 is 10.1 Å². The highest BCUT2D eigenvalue weighted by atomic mass is 32.2. The molecule has 6 nitrogen and oxygen atoms in total. The van der Waals surface area contributed by atoms with Crippen molar-refractivity contribution < 1.29 is 14.2 Å². The van der Waals surface area contributed by atoms with E-state index in [2.05, 4.69) is 15.3 Å². The molecule has 0 amide bonds. The van der Waals surface area contributed by atoms with Gasteiger partial charge in [-0.2, -0.15) is 5.26 Å². The molecule has 30 heavy (non-hydrogen) atoms. The lowest BCUT2D eigenvalue weighted by Gasteiger charge is -2.13. The molecular formula is C22H19FN4O2S. The lowest BCUT2D eigenvalue weighted by atomic mass is 10.3. The SMILES string of the molecule is N#Cc1ccc(Nc2ncc(SCC3CC3CO)cc2Oc2ccc(F)cc2)nc1. The average molecular weight is 422 g/mol. The Balaban J connectivity index is 1.55. The predicted octanol–water partition coefficient (Wildman–Crippen LogP) is 4.74. The number of hydrogen-bond donors (Lipinski definition) is 2. The van der Waals surface area contributed by atoms with Crippen LogP contribution in [-0.2, 0) is 0 Å². The molecule has 0 bridgehead atoms. The molecule has 1 aliphatic carbocycles. The number of pyridine rings is 2. The van der Waals surface area contributed by atoms with Crippen LogP contribution in [0.25, 0.3) is 0 Å². The molecule has 2 atom stereocenters. The number of hydrogen-bond acceptors (Lipinski definition) is 7. The highest BCUT2D eigenvalue weighted by molar-refractivity contribution is 7.99. The van der Waals surface area contributed by atoms with Crippen LogP contribution in [0.3, 0.4) is 0 Å². The van der Waals surface area contributed by atoms with Crippen molar-refractivity contribution in [3.63, 3.8) is 0 Å². The zero-order valence-electron chi connectivity index (χ0n) is 16.0. The number of thioether (sulfide) groups is 1. The Kier molecular flexibility index (Phi) is 6.12. The van der Waals surface area contributed by atoms with Crippen molar-refractivity contribution in [2.24, 2.45) is 11.8 Å². The largest absolute Gasteiger partial charge is 0.453 e. The van der Waals surface area contributed by atoms with Gasteiger partial charge < -0.3 is 15.2 Å². The van der Waals surface area contributed by atoms with Gasteiger partial charge in [0.05, 0.1) is 5.56 Å². The number of nitrogens with zero attached hydrogens (tertiary/aromatic N) is 3. The minimum atomic E-state index is -0.340. The normalized spacial score (nSPS) is 17.2. The quantitative estimate of drug-likeness (QED) is 0.507. The van der Waals surface area contributed by atoms with E-state index in [1.165, 1.54) is 18.3 Å². The van der Waals surface area contributed by atoms with Gasteiger partial charge in [0.15, 0.2) is 11.6 Å². The van der Waals surface area contributed by atoms with E-state index < -0.39 is 0 Å². The molecule has 3 aromatic rings. The van der Waals surface area contributed by atoms with Crippen LogP contribution in [0.4, 0.5) is 16.0 Å². The summed E-state index contributed by atoms with van der Waals surface area (Å²) in [4.78, 5) is 9.63. The molecule has 0 aliphatic heterocycles. The number of nitriles is 1. The van der Waals surface area contributed by atoms with E-state index in [1.807, 2.05) is 12.1 Å². The monoisotopic (exact) mass is 422 g/mol. The van der Waals surface area contributed by atoms with Gasteiger partial charge in [-0.25, -0.2) is 14.4 Å². The number of nitrogens with one attached hydrogen (secondary N) is 1. The summed E-state index contributed by atoms with van der Waals surface area (Å²) in [5, 5.41) is 21.2. The van der Waals surface area contributed by atoms with Gasteiger partial charge in [0, 0.05) is 29.6 Å². The van der Waals surface area contributed by atoms with Crippen LogP contribution in [0.2, 0.25) is 0 Å². The lowest BCUT2D eigenvalue weighted by Crippen LogP contribution is -2.00. The molecule has 1 aromatic carbocycles. The third-order valence-electron chi connectivity index (χ3n) is 4.78. The first-order valence-electron chi connectivity index (χ1n) is 9.45. The zero-order valence-corrected chi connectivity index (χ0v) is 16.8. The fourth-order valence-electron chi connectivity index (χ4n) is 2.90. The van der Waals surface area contributed by atoms with Crippen molar-refractivity contribution in [3.8, 4) is 17.6 Å². The Morgan fingerprint density at radius 3 is 2.67 bits per heavy atom. The summed E-state index contributed by atoms with van der Waals surface area (Å²) in [6.45, 7) is 0.239. The average Bonchev–Trinajstić information content (AvgIpc) is 3.55. The fourth-order valence-corrected chi connectivity index (χ4v) is 4.04. The van der Waals surface area contributed by atoms with E-state index in [0.717, 1.165) is 17.1 Å². The first-order valence-corrected chi connectivity index (χ1v) is 10.4. The molecule has 8 heteroatoms.